The number of ketones is 1. The standard InChI is InChI=1S/C22H28N2O5/c1-28-16-7-5-6-15(21(16)29-2)18-17(19(25)14-8-9-14)20(26)22(27)24(18)13-12-23-10-3-4-11-23/h5-7,14,18,26H,3-4,8-13H2,1-2H3. The van der Waals surface area contributed by atoms with Crippen molar-refractivity contribution in [2.75, 3.05) is 40.4 Å². The Hall–Kier alpha value is -2.54. The molecule has 156 valence electrons. The number of carbonyl (C=O) groups excluding carboxylic acids is 2. The van der Waals surface area contributed by atoms with Gasteiger partial charge in [0.1, 0.15) is 0 Å². The first-order valence-corrected chi connectivity index (χ1v) is 10.3. The lowest BCUT2D eigenvalue weighted by atomic mass is 9.93. The van der Waals surface area contributed by atoms with Gasteiger partial charge < -0.3 is 24.4 Å². The van der Waals surface area contributed by atoms with Gasteiger partial charge in [-0.05, 0) is 44.8 Å². The highest BCUT2D eigenvalue weighted by molar-refractivity contribution is 6.10. The fraction of sp³-hybridized carbons (Fsp3) is 0.545. The molecule has 0 bridgehead atoms. The molecule has 1 amide bonds. The zero-order valence-corrected chi connectivity index (χ0v) is 17.0. The van der Waals surface area contributed by atoms with Gasteiger partial charge in [-0.1, -0.05) is 12.1 Å². The maximum absolute atomic E-state index is 13.0. The summed E-state index contributed by atoms with van der Waals surface area (Å²) in [5.41, 5.74) is 0.861. The van der Waals surface area contributed by atoms with Crippen LogP contribution in [0.2, 0.25) is 0 Å². The van der Waals surface area contributed by atoms with Crippen molar-refractivity contribution in [2.45, 2.75) is 31.7 Å². The maximum Gasteiger partial charge on any atom is 0.290 e. The van der Waals surface area contributed by atoms with Gasteiger partial charge in [0, 0.05) is 24.6 Å². The van der Waals surface area contributed by atoms with Crippen molar-refractivity contribution < 1.29 is 24.2 Å². The molecule has 1 aromatic rings. The monoisotopic (exact) mass is 400 g/mol. The van der Waals surface area contributed by atoms with E-state index in [1.54, 1.807) is 25.2 Å². The third kappa shape index (κ3) is 3.59. The predicted molar refractivity (Wildman–Crippen MR) is 107 cm³/mol. The molecule has 7 heteroatoms. The van der Waals surface area contributed by atoms with E-state index in [-0.39, 0.29) is 17.3 Å². The van der Waals surface area contributed by atoms with Crippen molar-refractivity contribution in [2.24, 2.45) is 5.92 Å². The molecule has 1 saturated carbocycles. The average molecular weight is 400 g/mol. The van der Waals surface area contributed by atoms with Crippen LogP contribution in [0.3, 0.4) is 0 Å². The van der Waals surface area contributed by atoms with Gasteiger partial charge in [0.25, 0.3) is 5.91 Å². The lowest BCUT2D eigenvalue weighted by molar-refractivity contribution is -0.129. The van der Waals surface area contributed by atoms with E-state index in [0.29, 0.717) is 30.2 Å². The molecule has 29 heavy (non-hydrogen) atoms. The van der Waals surface area contributed by atoms with Crippen molar-refractivity contribution in [3.63, 3.8) is 0 Å². The van der Waals surface area contributed by atoms with Crippen LogP contribution in [-0.2, 0) is 9.59 Å². The second-order valence-electron chi connectivity index (χ2n) is 7.93. The Morgan fingerprint density at radius 1 is 1.14 bits per heavy atom. The van der Waals surface area contributed by atoms with Gasteiger partial charge in [-0.2, -0.15) is 0 Å². The Morgan fingerprint density at radius 3 is 2.48 bits per heavy atom. The molecule has 2 fully saturated rings. The van der Waals surface area contributed by atoms with Crippen molar-refractivity contribution in [1.82, 2.24) is 9.80 Å². The molecule has 1 aliphatic carbocycles. The molecule has 2 aliphatic heterocycles. The summed E-state index contributed by atoms with van der Waals surface area (Å²) in [7, 11) is 3.09. The minimum absolute atomic E-state index is 0.0995. The number of carbonyl (C=O) groups is 2. The summed E-state index contributed by atoms with van der Waals surface area (Å²) in [4.78, 5) is 29.9. The molecule has 2 heterocycles. The smallest absolute Gasteiger partial charge is 0.290 e. The highest BCUT2D eigenvalue weighted by atomic mass is 16.5. The average Bonchev–Trinajstić information content (AvgIpc) is 3.40. The maximum atomic E-state index is 13.0. The molecule has 1 unspecified atom stereocenters. The van der Waals surface area contributed by atoms with Crippen LogP contribution in [0, 0.1) is 5.92 Å². The zero-order valence-electron chi connectivity index (χ0n) is 17.0. The van der Waals surface area contributed by atoms with Gasteiger partial charge in [-0.25, -0.2) is 0 Å². The number of hydrogen-bond donors (Lipinski definition) is 1. The van der Waals surface area contributed by atoms with E-state index in [4.69, 9.17) is 9.47 Å². The number of ether oxygens (including phenoxy) is 2. The molecular weight excluding hydrogens is 372 g/mol. The quantitative estimate of drug-likeness (QED) is 0.722. The first kappa shape index (κ1) is 19.8. The normalized spacial score (nSPS) is 22.5. The van der Waals surface area contributed by atoms with Crippen LogP contribution >= 0.6 is 0 Å². The highest BCUT2D eigenvalue weighted by Gasteiger charge is 2.48. The first-order valence-electron chi connectivity index (χ1n) is 10.3. The van der Waals surface area contributed by atoms with Crippen LogP contribution < -0.4 is 9.47 Å². The zero-order chi connectivity index (χ0) is 20.5. The van der Waals surface area contributed by atoms with Crippen LogP contribution in [0.25, 0.3) is 0 Å². The Morgan fingerprint density at radius 2 is 1.86 bits per heavy atom. The summed E-state index contributed by atoms with van der Waals surface area (Å²) >= 11 is 0. The largest absolute Gasteiger partial charge is 0.503 e. The summed E-state index contributed by atoms with van der Waals surface area (Å²) < 4.78 is 11.0. The predicted octanol–water partition coefficient (Wildman–Crippen LogP) is 2.47. The van der Waals surface area contributed by atoms with Gasteiger partial charge >= 0.3 is 0 Å². The molecule has 1 N–H and O–H groups in total. The minimum Gasteiger partial charge on any atom is -0.503 e. The topological polar surface area (TPSA) is 79.3 Å². The van der Waals surface area contributed by atoms with E-state index in [1.165, 1.54) is 0 Å². The summed E-state index contributed by atoms with van der Waals surface area (Å²) in [6.45, 7) is 3.19. The Kier molecular flexibility index (Phi) is 5.50. The number of Topliss-reactive ketones (excluding diaryl/α,β-unsaturated/α-hetero) is 1. The first-order chi connectivity index (χ1) is 14.1. The van der Waals surface area contributed by atoms with E-state index in [2.05, 4.69) is 4.90 Å². The number of rotatable bonds is 8. The van der Waals surface area contributed by atoms with Crippen LogP contribution in [0.5, 0.6) is 11.5 Å². The second-order valence-corrected chi connectivity index (χ2v) is 7.93. The lowest BCUT2D eigenvalue weighted by Crippen LogP contribution is -2.38. The fourth-order valence-corrected chi connectivity index (χ4v) is 4.41. The van der Waals surface area contributed by atoms with Crippen LogP contribution in [0.15, 0.2) is 29.5 Å². The van der Waals surface area contributed by atoms with Crippen LogP contribution in [0.1, 0.15) is 37.3 Å². The number of hydrogen-bond acceptors (Lipinski definition) is 6. The minimum atomic E-state index is -0.664. The van der Waals surface area contributed by atoms with Gasteiger partial charge in [0.05, 0.1) is 25.8 Å². The van der Waals surface area contributed by atoms with E-state index in [1.807, 2.05) is 12.1 Å². The molecule has 0 radical (unpaired) electrons. The molecule has 4 rings (SSSR count). The molecule has 3 aliphatic rings. The van der Waals surface area contributed by atoms with Crippen LogP contribution in [0.4, 0.5) is 0 Å². The van der Waals surface area contributed by atoms with E-state index in [9.17, 15) is 14.7 Å². The summed E-state index contributed by atoms with van der Waals surface area (Å²) in [5, 5.41) is 10.7. The molecule has 7 nitrogen and oxygen atoms in total. The van der Waals surface area contributed by atoms with Crippen molar-refractivity contribution >= 4 is 11.7 Å². The third-order valence-corrected chi connectivity index (χ3v) is 6.10. The van der Waals surface area contributed by atoms with Gasteiger partial charge in [-0.15, -0.1) is 0 Å². The molecule has 1 saturated heterocycles. The van der Waals surface area contributed by atoms with Crippen LogP contribution in [-0.4, -0.2) is 67.0 Å². The summed E-state index contributed by atoms with van der Waals surface area (Å²) in [6.07, 6.45) is 3.94. The molecular formula is C22H28N2O5. The van der Waals surface area contributed by atoms with Gasteiger partial charge in [0.15, 0.2) is 23.0 Å². The fourth-order valence-electron chi connectivity index (χ4n) is 4.41. The van der Waals surface area contributed by atoms with E-state index in [0.717, 1.165) is 38.8 Å². The molecule has 0 aromatic heterocycles. The van der Waals surface area contributed by atoms with Gasteiger partial charge in [-0.3, -0.25) is 9.59 Å². The second kappa shape index (κ2) is 8.06. The number of likely N-dealkylation sites (tertiary alicyclic amines) is 1. The number of methoxy groups -OCH3 is 2. The number of nitrogens with zero attached hydrogens (tertiary/aromatic N) is 2. The van der Waals surface area contributed by atoms with Gasteiger partial charge in [0.2, 0.25) is 0 Å². The SMILES string of the molecule is COc1cccc(C2C(C(=O)C3CC3)=C(O)C(=O)N2CCN2CCCC2)c1OC. The van der Waals surface area contributed by atoms with E-state index >= 15 is 0 Å². The highest BCUT2D eigenvalue weighted by Crippen LogP contribution is 2.47. The number of amides is 1. The molecule has 1 aromatic carbocycles. The molecule has 1 atom stereocenters. The number of aliphatic hydroxyl groups is 1. The Labute approximate surface area is 170 Å². The van der Waals surface area contributed by atoms with Crippen molar-refractivity contribution in [3.8, 4) is 11.5 Å². The number of benzene rings is 1. The number of para-hydroxylation sites is 1. The third-order valence-electron chi connectivity index (χ3n) is 6.10. The molecule has 0 spiro atoms. The summed E-state index contributed by atoms with van der Waals surface area (Å²) in [6, 6.07) is 4.76. The summed E-state index contributed by atoms with van der Waals surface area (Å²) in [5.74, 6) is -0.121. The van der Waals surface area contributed by atoms with Crippen molar-refractivity contribution in [3.05, 3.63) is 35.1 Å². The number of aliphatic hydroxyl groups excluding tert-OH is 1. The Bertz CT molecular complexity index is 840. The van der Waals surface area contributed by atoms with E-state index < -0.39 is 17.7 Å². The lowest BCUT2D eigenvalue weighted by Gasteiger charge is -2.30. The van der Waals surface area contributed by atoms with Crippen molar-refractivity contribution in [1.29, 1.82) is 0 Å². The Balaban J connectivity index is 1.73.